The summed E-state index contributed by atoms with van der Waals surface area (Å²) in [5.41, 5.74) is 0.276. The number of aliphatic carboxylic acids is 1. The highest BCUT2D eigenvalue weighted by molar-refractivity contribution is 9.10. The van der Waals surface area contributed by atoms with Gasteiger partial charge in [0.2, 0.25) is 0 Å². The van der Waals surface area contributed by atoms with Crippen LogP contribution in [0.25, 0.3) is 0 Å². The lowest BCUT2D eigenvalue weighted by Crippen LogP contribution is -2.42. The van der Waals surface area contributed by atoms with E-state index in [1.165, 1.54) is 0 Å². The second-order valence-electron chi connectivity index (χ2n) is 5.16. The molecule has 102 valence electrons. The Kier molecular flexibility index (Phi) is 3.62. The monoisotopic (exact) mass is 342 g/mol. The Bertz CT molecular complexity index is 509. The second-order valence-corrected chi connectivity index (χ2v) is 7.36. The number of carbonyl (C=O) groups is 1. The van der Waals surface area contributed by atoms with Crippen LogP contribution < -0.4 is 0 Å². The van der Waals surface area contributed by atoms with Crippen LogP contribution in [0.4, 0.5) is 0 Å². The Labute approximate surface area is 124 Å². The molecule has 2 aliphatic rings. The number of rotatable bonds is 4. The molecule has 1 aromatic carbocycles. The first-order chi connectivity index (χ1) is 9.12. The maximum atomic E-state index is 11.5. The van der Waals surface area contributed by atoms with Crippen molar-refractivity contribution in [2.24, 2.45) is 0 Å². The molecular formula is C14H15BrO3S. The highest BCUT2D eigenvalue weighted by atomic mass is 79.9. The molecule has 0 spiro atoms. The minimum atomic E-state index is -0.696. The van der Waals surface area contributed by atoms with E-state index in [0.29, 0.717) is 5.25 Å². The zero-order valence-corrected chi connectivity index (χ0v) is 12.8. The summed E-state index contributed by atoms with van der Waals surface area (Å²) in [5.74, 6) is -0.696. The molecule has 1 N–H and O–H groups in total. The average Bonchev–Trinajstić information content (AvgIpc) is 2.23. The van der Waals surface area contributed by atoms with Crippen LogP contribution in [-0.4, -0.2) is 29.5 Å². The third-order valence-electron chi connectivity index (χ3n) is 4.00. The molecule has 3 nitrogen and oxygen atoms in total. The lowest BCUT2D eigenvalue weighted by atomic mass is 9.64. The highest BCUT2D eigenvalue weighted by Crippen LogP contribution is 2.46. The normalized spacial score (nSPS) is 21.5. The zero-order chi connectivity index (χ0) is 13.5. The fourth-order valence-corrected chi connectivity index (χ4v) is 4.18. The molecule has 1 aliphatic carbocycles. The molecular weight excluding hydrogens is 328 g/mol. The molecule has 0 atom stereocenters. The minimum Gasteiger partial charge on any atom is -0.481 e. The van der Waals surface area contributed by atoms with Crippen LogP contribution in [0.15, 0.2) is 27.6 Å². The van der Waals surface area contributed by atoms with Gasteiger partial charge in [0, 0.05) is 9.37 Å². The third-order valence-corrected chi connectivity index (χ3v) is 6.14. The van der Waals surface area contributed by atoms with Gasteiger partial charge in [-0.15, -0.1) is 11.8 Å². The van der Waals surface area contributed by atoms with Crippen molar-refractivity contribution in [1.29, 1.82) is 0 Å². The molecule has 0 amide bonds. The number of benzene rings is 1. The fourth-order valence-electron chi connectivity index (χ4n) is 2.51. The average molecular weight is 343 g/mol. The Morgan fingerprint density at radius 1 is 1.42 bits per heavy atom. The molecule has 5 heteroatoms. The van der Waals surface area contributed by atoms with Gasteiger partial charge in [0.15, 0.2) is 0 Å². The number of halogens is 1. The van der Waals surface area contributed by atoms with Gasteiger partial charge in [0.05, 0.1) is 23.9 Å². The van der Waals surface area contributed by atoms with Crippen LogP contribution in [0.3, 0.4) is 0 Å². The Morgan fingerprint density at radius 3 is 2.58 bits per heavy atom. The van der Waals surface area contributed by atoms with E-state index >= 15 is 0 Å². The third kappa shape index (κ3) is 2.32. The number of hydrogen-bond donors (Lipinski definition) is 1. The Balaban J connectivity index is 1.84. The quantitative estimate of drug-likeness (QED) is 0.910. The summed E-state index contributed by atoms with van der Waals surface area (Å²) in [6.45, 7) is 1.61. The van der Waals surface area contributed by atoms with E-state index in [2.05, 4.69) is 15.9 Å². The van der Waals surface area contributed by atoms with Gasteiger partial charge in [-0.2, -0.15) is 0 Å². The maximum absolute atomic E-state index is 11.5. The first kappa shape index (κ1) is 13.5. The van der Waals surface area contributed by atoms with Crippen molar-refractivity contribution in [3.63, 3.8) is 0 Å². The molecule has 0 aromatic heterocycles. The van der Waals surface area contributed by atoms with Gasteiger partial charge in [0.25, 0.3) is 0 Å². The fraction of sp³-hybridized carbons (Fsp3) is 0.500. The number of carboxylic acid groups (broad SMARTS) is 1. The van der Waals surface area contributed by atoms with Crippen LogP contribution in [0.1, 0.15) is 24.8 Å². The molecule has 2 fully saturated rings. The lowest BCUT2D eigenvalue weighted by molar-refractivity contribution is -0.147. The van der Waals surface area contributed by atoms with E-state index in [0.717, 1.165) is 47.4 Å². The first-order valence-electron chi connectivity index (χ1n) is 6.40. The van der Waals surface area contributed by atoms with Crippen molar-refractivity contribution in [3.8, 4) is 0 Å². The van der Waals surface area contributed by atoms with Crippen LogP contribution in [0.5, 0.6) is 0 Å². The van der Waals surface area contributed by atoms with E-state index in [1.807, 2.05) is 18.2 Å². The van der Waals surface area contributed by atoms with Crippen LogP contribution >= 0.6 is 27.7 Å². The van der Waals surface area contributed by atoms with E-state index in [9.17, 15) is 9.90 Å². The second kappa shape index (κ2) is 5.11. The molecule has 0 unspecified atom stereocenters. The van der Waals surface area contributed by atoms with Gasteiger partial charge >= 0.3 is 5.97 Å². The molecule has 1 heterocycles. The summed E-state index contributed by atoms with van der Waals surface area (Å²) in [6, 6.07) is 5.99. The van der Waals surface area contributed by atoms with Crippen LogP contribution in [0, 0.1) is 0 Å². The Hall–Kier alpha value is -0.520. The molecule has 1 saturated heterocycles. The molecule has 19 heavy (non-hydrogen) atoms. The maximum Gasteiger partial charge on any atom is 0.314 e. The van der Waals surface area contributed by atoms with Crippen molar-refractivity contribution in [2.75, 3.05) is 13.2 Å². The molecule has 3 rings (SSSR count). The smallest absolute Gasteiger partial charge is 0.314 e. The largest absolute Gasteiger partial charge is 0.481 e. The number of hydrogen-bond acceptors (Lipinski definition) is 3. The van der Waals surface area contributed by atoms with Gasteiger partial charge in [-0.1, -0.05) is 12.5 Å². The van der Waals surface area contributed by atoms with Gasteiger partial charge in [-0.25, -0.2) is 0 Å². The van der Waals surface area contributed by atoms with Crippen molar-refractivity contribution in [1.82, 2.24) is 0 Å². The van der Waals surface area contributed by atoms with Crippen LogP contribution in [-0.2, 0) is 14.9 Å². The SMILES string of the molecule is O=C(O)C1(c2ccc(SC3COC3)c(Br)c2)CCC1. The first-order valence-corrected chi connectivity index (χ1v) is 8.07. The topological polar surface area (TPSA) is 46.5 Å². The van der Waals surface area contributed by atoms with Gasteiger partial charge in [-0.05, 0) is 46.5 Å². The predicted octanol–water partition coefficient (Wildman–Crippen LogP) is 3.45. The minimum absolute atomic E-state index is 0.527. The van der Waals surface area contributed by atoms with Crippen molar-refractivity contribution in [2.45, 2.75) is 34.8 Å². The summed E-state index contributed by atoms with van der Waals surface area (Å²) >= 11 is 5.36. The van der Waals surface area contributed by atoms with Gasteiger partial charge in [-0.3, -0.25) is 4.79 Å². The number of thioether (sulfide) groups is 1. The van der Waals surface area contributed by atoms with E-state index in [4.69, 9.17) is 4.74 Å². The summed E-state index contributed by atoms with van der Waals surface area (Å²) < 4.78 is 6.16. The lowest BCUT2D eigenvalue weighted by Gasteiger charge is -2.38. The van der Waals surface area contributed by atoms with Crippen molar-refractivity contribution >= 4 is 33.7 Å². The Morgan fingerprint density at radius 2 is 2.16 bits per heavy atom. The highest BCUT2D eigenvalue weighted by Gasteiger charge is 2.46. The summed E-state index contributed by atoms with van der Waals surface area (Å²) in [4.78, 5) is 12.7. The molecule has 1 aromatic rings. The standard InChI is InChI=1S/C14H15BrO3S/c15-11-6-9(14(13(16)17)4-1-5-14)2-3-12(11)19-10-7-18-8-10/h2-3,6,10H,1,4-5,7-8H2,(H,16,17). The van der Waals surface area contributed by atoms with Crippen molar-refractivity contribution < 1.29 is 14.6 Å². The van der Waals surface area contributed by atoms with E-state index in [-0.39, 0.29) is 0 Å². The number of carboxylic acids is 1. The number of ether oxygens (including phenoxy) is 1. The van der Waals surface area contributed by atoms with Crippen LogP contribution in [0.2, 0.25) is 0 Å². The summed E-state index contributed by atoms with van der Waals surface area (Å²) in [5, 5.41) is 9.98. The van der Waals surface area contributed by atoms with Crippen molar-refractivity contribution in [3.05, 3.63) is 28.2 Å². The van der Waals surface area contributed by atoms with E-state index < -0.39 is 11.4 Å². The molecule has 0 radical (unpaired) electrons. The zero-order valence-electron chi connectivity index (χ0n) is 10.4. The van der Waals surface area contributed by atoms with Gasteiger partial charge < -0.3 is 9.84 Å². The summed E-state index contributed by atoms with van der Waals surface area (Å²) in [6.07, 6.45) is 2.50. The molecule has 1 aliphatic heterocycles. The van der Waals surface area contributed by atoms with Gasteiger partial charge in [0.1, 0.15) is 0 Å². The molecule has 0 bridgehead atoms. The predicted molar refractivity (Wildman–Crippen MR) is 77.8 cm³/mol. The molecule has 1 saturated carbocycles. The summed E-state index contributed by atoms with van der Waals surface area (Å²) in [7, 11) is 0. The van der Waals surface area contributed by atoms with E-state index in [1.54, 1.807) is 11.8 Å².